The zero-order valence-corrected chi connectivity index (χ0v) is 14.4. The average molecular weight is 329 g/mol. The molecule has 1 atom stereocenters. The molecule has 4 heteroatoms. The van der Waals surface area contributed by atoms with E-state index in [0.717, 1.165) is 23.4 Å². The Hall–Kier alpha value is -3.06. The summed E-state index contributed by atoms with van der Waals surface area (Å²) < 4.78 is 1.71. The van der Waals surface area contributed by atoms with Crippen molar-refractivity contribution in [2.45, 2.75) is 25.8 Å². The molecule has 1 aromatic heterocycles. The fraction of sp³-hybridized carbons (Fsp3) is 0.238. The molecule has 0 unspecified atom stereocenters. The minimum absolute atomic E-state index is 0.0207. The van der Waals surface area contributed by atoms with Gasteiger partial charge in [-0.2, -0.15) is 0 Å². The minimum Gasteiger partial charge on any atom is -0.285 e. The number of aromatic nitrogens is 2. The summed E-state index contributed by atoms with van der Waals surface area (Å²) in [7, 11) is 0. The highest BCUT2D eigenvalue weighted by molar-refractivity contribution is 5.77. The van der Waals surface area contributed by atoms with Gasteiger partial charge in [0.1, 0.15) is 11.4 Å². The second-order valence-electron chi connectivity index (χ2n) is 6.46. The molecule has 0 saturated carbocycles. The predicted octanol–water partition coefficient (Wildman–Crippen LogP) is 2.72. The Morgan fingerprint density at radius 3 is 2.60 bits per heavy atom. The monoisotopic (exact) mass is 329 g/mol. The number of aryl methyl sites for hydroxylation is 1. The van der Waals surface area contributed by atoms with Gasteiger partial charge in [0.25, 0.3) is 5.56 Å². The van der Waals surface area contributed by atoms with Gasteiger partial charge in [0.2, 0.25) is 0 Å². The van der Waals surface area contributed by atoms with Crippen molar-refractivity contribution >= 4 is 10.9 Å². The van der Waals surface area contributed by atoms with Crippen LogP contribution in [-0.2, 0) is 6.42 Å². The number of hydrogen-bond acceptors (Lipinski definition) is 3. The van der Waals surface area contributed by atoms with E-state index in [4.69, 9.17) is 0 Å². The second kappa shape index (κ2) is 5.78. The Morgan fingerprint density at radius 2 is 1.84 bits per heavy atom. The van der Waals surface area contributed by atoms with Gasteiger partial charge in [0, 0.05) is 12.0 Å². The van der Waals surface area contributed by atoms with Gasteiger partial charge in [-0.25, -0.2) is 9.66 Å². The largest absolute Gasteiger partial charge is 0.285 e. The van der Waals surface area contributed by atoms with E-state index in [0.29, 0.717) is 11.8 Å². The third-order valence-electron chi connectivity index (χ3n) is 4.55. The van der Waals surface area contributed by atoms with E-state index in [2.05, 4.69) is 23.7 Å². The third kappa shape index (κ3) is 2.68. The number of hydrogen-bond donors (Lipinski definition) is 0. The van der Waals surface area contributed by atoms with Crippen LogP contribution in [-0.4, -0.2) is 21.7 Å². The van der Waals surface area contributed by atoms with Crippen molar-refractivity contribution < 1.29 is 0 Å². The Bertz CT molecular complexity index is 1060. The number of fused-ring (bicyclic) bond motifs is 1. The highest BCUT2D eigenvalue weighted by atomic mass is 16.1. The highest BCUT2D eigenvalue weighted by Gasteiger charge is 2.49. The van der Waals surface area contributed by atoms with Gasteiger partial charge in [-0.15, -0.1) is 0 Å². The molecule has 0 spiro atoms. The first kappa shape index (κ1) is 15.5. The third-order valence-corrected chi connectivity index (χ3v) is 4.55. The first-order chi connectivity index (χ1) is 12.1. The quantitative estimate of drug-likeness (QED) is 0.536. The molecule has 0 amide bonds. The van der Waals surface area contributed by atoms with Gasteiger partial charge in [-0.3, -0.25) is 9.80 Å². The zero-order valence-electron chi connectivity index (χ0n) is 14.4. The molecular weight excluding hydrogens is 310 g/mol. The van der Waals surface area contributed by atoms with Crippen LogP contribution in [0, 0.1) is 11.8 Å². The maximum Gasteiger partial charge on any atom is 0.280 e. The van der Waals surface area contributed by atoms with Crippen LogP contribution in [0.4, 0.5) is 0 Å². The van der Waals surface area contributed by atoms with Gasteiger partial charge in [0.15, 0.2) is 0 Å². The van der Waals surface area contributed by atoms with E-state index in [1.807, 2.05) is 66.5 Å². The highest BCUT2D eigenvalue weighted by Crippen LogP contribution is 2.29. The van der Waals surface area contributed by atoms with E-state index in [1.54, 1.807) is 4.68 Å². The van der Waals surface area contributed by atoms with Crippen molar-refractivity contribution in [2.75, 3.05) is 11.6 Å². The number of nitrogens with zero attached hydrogens (tertiary/aromatic N) is 3. The van der Waals surface area contributed by atoms with E-state index in [-0.39, 0.29) is 11.1 Å². The molecule has 4 rings (SSSR count). The lowest BCUT2D eigenvalue weighted by molar-refractivity contribution is 0.667. The Labute approximate surface area is 146 Å². The van der Waals surface area contributed by atoms with Crippen molar-refractivity contribution in [3.8, 4) is 11.8 Å². The average Bonchev–Trinajstić information content (AvgIpc) is 3.32. The summed E-state index contributed by atoms with van der Waals surface area (Å²) in [4.78, 5) is 17.7. The molecule has 4 nitrogen and oxygen atoms in total. The van der Waals surface area contributed by atoms with Gasteiger partial charge in [-0.1, -0.05) is 49.1 Å². The zero-order chi connectivity index (χ0) is 17.4. The molecule has 0 radical (unpaired) electrons. The molecule has 25 heavy (non-hydrogen) atoms. The first-order valence-electron chi connectivity index (χ1n) is 8.49. The van der Waals surface area contributed by atoms with Crippen molar-refractivity contribution in [2.24, 2.45) is 0 Å². The van der Waals surface area contributed by atoms with Crippen molar-refractivity contribution in [3.63, 3.8) is 0 Å². The van der Waals surface area contributed by atoms with Crippen molar-refractivity contribution in [1.29, 1.82) is 0 Å². The summed E-state index contributed by atoms with van der Waals surface area (Å²) in [6.07, 6.45) is 0.693. The van der Waals surface area contributed by atoms with Crippen LogP contribution in [0.2, 0.25) is 0 Å². The molecule has 0 N–H and O–H groups in total. The summed E-state index contributed by atoms with van der Waals surface area (Å²) in [5.41, 5.74) is 1.37. The SMILES string of the molecule is CCc1nc2ccccc2c(=O)n1N1C[C@]1(C)C#Cc1ccccc1. The molecule has 3 aromatic rings. The van der Waals surface area contributed by atoms with E-state index in [9.17, 15) is 4.79 Å². The van der Waals surface area contributed by atoms with E-state index >= 15 is 0 Å². The lowest BCUT2D eigenvalue weighted by Crippen LogP contribution is -2.36. The van der Waals surface area contributed by atoms with Crippen molar-refractivity contribution in [1.82, 2.24) is 9.66 Å². The van der Waals surface area contributed by atoms with Crippen LogP contribution in [0.15, 0.2) is 59.4 Å². The molecule has 2 aromatic carbocycles. The molecule has 1 aliphatic heterocycles. The van der Waals surface area contributed by atoms with Crippen LogP contribution < -0.4 is 10.6 Å². The first-order valence-corrected chi connectivity index (χ1v) is 8.49. The molecular formula is C21H19N3O. The normalized spacial score (nSPS) is 18.7. The second-order valence-corrected chi connectivity index (χ2v) is 6.46. The number of rotatable bonds is 2. The minimum atomic E-state index is -0.340. The summed E-state index contributed by atoms with van der Waals surface area (Å²) >= 11 is 0. The van der Waals surface area contributed by atoms with Gasteiger partial charge in [0.05, 0.1) is 17.4 Å². The number of para-hydroxylation sites is 1. The van der Waals surface area contributed by atoms with Crippen LogP contribution in [0.25, 0.3) is 10.9 Å². The van der Waals surface area contributed by atoms with E-state index in [1.165, 1.54) is 0 Å². The topological polar surface area (TPSA) is 37.9 Å². The molecule has 1 aliphatic rings. The molecule has 0 aliphatic carbocycles. The van der Waals surface area contributed by atoms with Gasteiger partial charge in [-0.05, 0) is 31.2 Å². The van der Waals surface area contributed by atoms with Gasteiger partial charge < -0.3 is 0 Å². The molecule has 1 fully saturated rings. The standard InChI is InChI=1S/C21H19N3O/c1-3-19-22-18-12-8-7-11-17(18)20(25)24(19)23-15-21(23,2)14-13-16-9-5-4-6-10-16/h4-12H,3,15H2,1-2H3/t21-,23?/m0/s1. The number of benzene rings is 2. The Kier molecular flexibility index (Phi) is 3.58. The Balaban J connectivity index is 1.75. The molecule has 1 saturated heterocycles. The molecule has 2 heterocycles. The summed E-state index contributed by atoms with van der Waals surface area (Å²) in [5.74, 6) is 7.30. The van der Waals surface area contributed by atoms with Gasteiger partial charge >= 0.3 is 0 Å². The lowest BCUT2D eigenvalue weighted by atomic mass is 10.1. The van der Waals surface area contributed by atoms with E-state index < -0.39 is 0 Å². The predicted molar refractivity (Wildman–Crippen MR) is 100 cm³/mol. The smallest absolute Gasteiger partial charge is 0.280 e. The van der Waals surface area contributed by atoms with Crippen LogP contribution in [0.3, 0.4) is 0 Å². The summed E-state index contributed by atoms with van der Waals surface area (Å²) in [6.45, 7) is 4.80. The van der Waals surface area contributed by atoms with Crippen molar-refractivity contribution in [3.05, 3.63) is 76.3 Å². The Morgan fingerprint density at radius 1 is 1.12 bits per heavy atom. The summed E-state index contributed by atoms with van der Waals surface area (Å²) in [5, 5.41) is 2.65. The lowest BCUT2D eigenvalue weighted by Gasteiger charge is -2.16. The van der Waals surface area contributed by atoms with Crippen LogP contribution in [0.5, 0.6) is 0 Å². The molecule has 0 bridgehead atoms. The maximum absolute atomic E-state index is 13.0. The fourth-order valence-corrected chi connectivity index (χ4v) is 3.03. The fourth-order valence-electron chi connectivity index (χ4n) is 3.03. The maximum atomic E-state index is 13.0. The van der Waals surface area contributed by atoms with Crippen LogP contribution >= 0.6 is 0 Å². The molecule has 124 valence electrons. The summed E-state index contributed by atoms with van der Waals surface area (Å²) in [6, 6.07) is 17.4. The van der Waals surface area contributed by atoms with Crippen LogP contribution in [0.1, 0.15) is 25.2 Å².